The molecule has 0 fully saturated rings. The Morgan fingerprint density at radius 1 is 1.28 bits per heavy atom. The molecule has 0 saturated carbocycles. The summed E-state index contributed by atoms with van der Waals surface area (Å²) in [4.78, 5) is 10.1. The summed E-state index contributed by atoms with van der Waals surface area (Å²) in [5.41, 5.74) is 10.1. The summed E-state index contributed by atoms with van der Waals surface area (Å²) in [5.74, 6) is -0.745. The lowest BCUT2D eigenvalue weighted by Gasteiger charge is -2.07. The Balaban J connectivity index is 2.71. The van der Waals surface area contributed by atoms with Crippen molar-refractivity contribution < 1.29 is 17.6 Å². The number of sulfonamides is 1. The second kappa shape index (κ2) is 5.65. The van der Waals surface area contributed by atoms with Crippen molar-refractivity contribution in [3.05, 3.63) is 24.0 Å². The van der Waals surface area contributed by atoms with E-state index in [-0.39, 0.29) is 23.7 Å². The largest absolute Gasteiger partial charge is 0.399 e. The summed E-state index contributed by atoms with van der Waals surface area (Å²) in [7, 11) is -3.87. The van der Waals surface area contributed by atoms with Crippen LogP contribution in [-0.2, 0) is 10.0 Å². The van der Waals surface area contributed by atoms with E-state index in [1.54, 1.807) is 0 Å². The van der Waals surface area contributed by atoms with Crippen LogP contribution in [0.25, 0.3) is 0 Å². The molecular formula is C9H13FN4O3S. The first-order chi connectivity index (χ1) is 8.31. The van der Waals surface area contributed by atoms with Crippen molar-refractivity contribution in [2.75, 3.05) is 18.8 Å². The number of carbonyl (C=O) groups excluding carboxylic acids is 1. The van der Waals surface area contributed by atoms with E-state index >= 15 is 0 Å². The molecule has 1 rings (SSSR count). The molecule has 0 saturated heterocycles. The van der Waals surface area contributed by atoms with Gasteiger partial charge in [0.2, 0.25) is 10.0 Å². The average Bonchev–Trinajstić information content (AvgIpc) is 2.23. The Labute approximate surface area is 103 Å². The molecule has 0 bridgehead atoms. The average molecular weight is 276 g/mol. The zero-order valence-electron chi connectivity index (χ0n) is 9.31. The van der Waals surface area contributed by atoms with Gasteiger partial charge in [0.1, 0.15) is 5.82 Å². The third-order valence-electron chi connectivity index (χ3n) is 1.92. The predicted octanol–water partition coefficient (Wildman–Crippen LogP) is -0.646. The molecule has 9 heteroatoms. The number of halogens is 1. The Bertz CT molecular complexity index is 526. The summed E-state index contributed by atoms with van der Waals surface area (Å²) in [6.45, 7) is -0.0406. The minimum atomic E-state index is -3.87. The minimum Gasteiger partial charge on any atom is -0.399 e. The third kappa shape index (κ3) is 4.18. The van der Waals surface area contributed by atoms with E-state index in [1.807, 2.05) is 0 Å². The number of primary amides is 1. The van der Waals surface area contributed by atoms with Crippen LogP contribution in [0.4, 0.5) is 14.9 Å². The fourth-order valence-corrected chi connectivity index (χ4v) is 2.29. The number of carbonyl (C=O) groups is 1. The van der Waals surface area contributed by atoms with Crippen molar-refractivity contribution in [1.82, 2.24) is 10.0 Å². The number of nitrogens with two attached hydrogens (primary N) is 2. The first-order valence-corrected chi connectivity index (χ1v) is 6.38. The first kappa shape index (κ1) is 14.2. The molecule has 18 heavy (non-hydrogen) atoms. The van der Waals surface area contributed by atoms with Gasteiger partial charge in [0.25, 0.3) is 0 Å². The van der Waals surface area contributed by atoms with Gasteiger partial charge >= 0.3 is 6.03 Å². The predicted molar refractivity (Wildman–Crippen MR) is 63.6 cm³/mol. The lowest BCUT2D eigenvalue weighted by atomic mass is 10.3. The molecule has 0 aliphatic rings. The van der Waals surface area contributed by atoms with E-state index < -0.39 is 21.9 Å². The smallest absolute Gasteiger partial charge is 0.312 e. The Hall–Kier alpha value is -1.87. The highest BCUT2D eigenvalue weighted by Gasteiger charge is 2.15. The van der Waals surface area contributed by atoms with Crippen LogP contribution >= 0.6 is 0 Å². The van der Waals surface area contributed by atoms with E-state index in [9.17, 15) is 17.6 Å². The maximum Gasteiger partial charge on any atom is 0.312 e. The van der Waals surface area contributed by atoms with Crippen LogP contribution < -0.4 is 21.5 Å². The minimum absolute atomic E-state index is 0.00522. The van der Waals surface area contributed by atoms with Crippen LogP contribution in [0, 0.1) is 5.82 Å². The second-order valence-corrected chi connectivity index (χ2v) is 5.18. The van der Waals surface area contributed by atoms with Crippen molar-refractivity contribution in [1.29, 1.82) is 0 Å². The highest BCUT2D eigenvalue weighted by Crippen LogP contribution is 2.15. The molecule has 0 spiro atoms. The molecule has 0 aliphatic carbocycles. The summed E-state index contributed by atoms with van der Waals surface area (Å²) in [5, 5.41) is 2.21. The second-order valence-electron chi connectivity index (χ2n) is 3.41. The number of hydrogen-bond acceptors (Lipinski definition) is 4. The van der Waals surface area contributed by atoms with E-state index in [0.717, 1.165) is 18.2 Å². The van der Waals surface area contributed by atoms with Crippen LogP contribution in [0.1, 0.15) is 0 Å². The van der Waals surface area contributed by atoms with Crippen LogP contribution in [-0.4, -0.2) is 27.5 Å². The van der Waals surface area contributed by atoms with Crippen LogP contribution in [0.2, 0.25) is 0 Å². The Morgan fingerprint density at radius 3 is 2.50 bits per heavy atom. The summed E-state index contributed by atoms with van der Waals surface area (Å²) >= 11 is 0. The van der Waals surface area contributed by atoms with E-state index in [2.05, 4.69) is 10.0 Å². The number of anilines is 1. The zero-order valence-corrected chi connectivity index (χ0v) is 10.1. The molecule has 0 aliphatic heterocycles. The fraction of sp³-hybridized carbons (Fsp3) is 0.222. The molecule has 100 valence electrons. The number of nitrogen functional groups attached to an aromatic ring is 1. The van der Waals surface area contributed by atoms with Gasteiger partial charge in [-0.2, -0.15) is 0 Å². The third-order valence-corrected chi connectivity index (χ3v) is 3.36. The molecule has 1 aromatic carbocycles. The highest BCUT2D eigenvalue weighted by molar-refractivity contribution is 7.89. The maximum absolute atomic E-state index is 13.0. The van der Waals surface area contributed by atoms with Crippen molar-refractivity contribution in [2.24, 2.45) is 5.73 Å². The Morgan fingerprint density at radius 2 is 1.94 bits per heavy atom. The van der Waals surface area contributed by atoms with Crippen molar-refractivity contribution >= 4 is 21.7 Å². The summed E-state index contributed by atoms with van der Waals surface area (Å²) in [6, 6.07) is 2.23. The van der Waals surface area contributed by atoms with Gasteiger partial charge in [-0.25, -0.2) is 22.3 Å². The molecule has 0 radical (unpaired) electrons. The molecule has 0 aromatic heterocycles. The molecule has 7 nitrogen and oxygen atoms in total. The van der Waals surface area contributed by atoms with E-state index in [1.165, 1.54) is 0 Å². The molecule has 0 heterocycles. The van der Waals surface area contributed by atoms with Gasteiger partial charge in [-0.15, -0.1) is 0 Å². The number of hydrogen-bond donors (Lipinski definition) is 4. The number of nitrogens with one attached hydrogen (secondary N) is 2. The molecule has 0 unspecified atom stereocenters. The molecule has 1 aromatic rings. The number of benzene rings is 1. The van der Waals surface area contributed by atoms with Gasteiger partial charge in [-0.1, -0.05) is 0 Å². The van der Waals surface area contributed by atoms with Gasteiger partial charge < -0.3 is 16.8 Å². The zero-order chi connectivity index (χ0) is 13.8. The normalized spacial score (nSPS) is 11.2. The topological polar surface area (TPSA) is 127 Å². The van der Waals surface area contributed by atoms with E-state index in [0.29, 0.717) is 0 Å². The van der Waals surface area contributed by atoms with Crippen LogP contribution in [0.3, 0.4) is 0 Å². The SMILES string of the molecule is NC(=O)NCCNS(=O)(=O)c1cc(N)cc(F)c1. The standard InChI is InChI=1S/C9H13FN4O3S/c10-6-3-7(11)5-8(4-6)18(16,17)14-2-1-13-9(12)15/h3-5,14H,1-2,11H2,(H3,12,13,15). The fourth-order valence-electron chi connectivity index (χ4n) is 1.19. The number of rotatable bonds is 5. The van der Waals surface area contributed by atoms with Crippen molar-refractivity contribution in [3.63, 3.8) is 0 Å². The lowest BCUT2D eigenvalue weighted by Crippen LogP contribution is -2.37. The van der Waals surface area contributed by atoms with Gasteiger partial charge in [-0.3, -0.25) is 0 Å². The maximum atomic E-state index is 13.0. The van der Waals surface area contributed by atoms with Gasteiger partial charge in [0.15, 0.2) is 0 Å². The van der Waals surface area contributed by atoms with Gasteiger partial charge in [0, 0.05) is 18.8 Å². The van der Waals surface area contributed by atoms with Crippen molar-refractivity contribution in [2.45, 2.75) is 4.90 Å². The van der Waals surface area contributed by atoms with Gasteiger partial charge in [-0.05, 0) is 18.2 Å². The summed E-state index contributed by atoms with van der Waals surface area (Å²) < 4.78 is 38.6. The number of amides is 2. The molecular weight excluding hydrogens is 263 g/mol. The molecule has 6 N–H and O–H groups in total. The lowest BCUT2D eigenvalue weighted by molar-refractivity contribution is 0.249. The van der Waals surface area contributed by atoms with Crippen molar-refractivity contribution in [3.8, 4) is 0 Å². The number of urea groups is 1. The van der Waals surface area contributed by atoms with Gasteiger partial charge in [0.05, 0.1) is 4.90 Å². The molecule has 2 amide bonds. The van der Waals surface area contributed by atoms with E-state index in [4.69, 9.17) is 11.5 Å². The van der Waals surface area contributed by atoms with Crippen LogP contribution in [0.5, 0.6) is 0 Å². The first-order valence-electron chi connectivity index (χ1n) is 4.90. The quantitative estimate of drug-likeness (QED) is 0.421. The highest BCUT2D eigenvalue weighted by atomic mass is 32.2. The summed E-state index contributed by atoms with van der Waals surface area (Å²) in [6.07, 6.45) is 0. The molecule has 0 atom stereocenters. The monoisotopic (exact) mass is 276 g/mol. The Kier molecular flexibility index (Phi) is 4.45. The van der Waals surface area contributed by atoms with Crippen LogP contribution in [0.15, 0.2) is 23.1 Å².